The number of carboxylic acids is 2. The number of nitrogens with one attached hydrogen (secondary N) is 1. The Morgan fingerprint density at radius 3 is 2.09 bits per heavy atom. The van der Waals surface area contributed by atoms with Gasteiger partial charge in [-0.1, -0.05) is 13.8 Å². The lowest BCUT2D eigenvalue weighted by molar-refractivity contribution is -0.154. The summed E-state index contributed by atoms with van der Waals surface area (Å²) in [4.78, 5) is 34.9. The van der Waals surface area contributed by atoms with Crippen molar-refractivity contribution < 1.29 is 24.6 Å². The molecule has 1 aromatic rings. The van der Waals surface area contributed by atoms with Crippen molar-refractivity contribution in [3.05, 3.63) is 29.8 Å². The predicted molar refractivity (Wildman–Crippen MR) is 84.3 cm³/mol. The highest BCUT2D eigenvalue weighted by atomic mass is 16.4. The standard InChI is InChI=1S/C17H21NO5/c1-16(2)12(8-9-17(16,3)15(22)23)13(19)18-11-6-4-10(5-7-11)14(20)21/h4-7,12H,8-9H2,1-3H3,(H,18,19)(H,20,21)(H,22,23)/t12-,17+/m1/s1. The number of amides is 1. The van der Waals surface area contributed by atoms with Crippen molar-refractivity contribution in [2.45, 2.75) is 33.6 Å². The zero-order valence-electron chi connectivity index (χ0n) is 13.4. The zero-order valence-corrected chi connectivity index (χ0v) is 13.4. The molecule has 0 radical (unpaired) electrons. The lowest BCUT2D eigenvalue weighted by Crippen LogP contribution is -2.43. The van der Waals surface area contributed by atoms with Gasteiger partial charge in [-0.3, -0.25) is 9.59 Å². The summed E-state index contributed by atoms with van der Waals surface area (Å²) < 4.78 is 0. The second kappa shape index (κ2) is 5.68. The molecule has 3 N–H and O–H groups in total. The van der Waals surface area contributed by atoms with E-state index in [0.29, 0.717) is 18.5 Å². The molecule has 0 bridgehead atoms. The van der Waals surface area contributed by atoms with E-state index in [1.807, 2.05) is 13.8 Å². The molecule has 0 spiro atoms. The molecule has 124 valence electrons. The number of carbonyl (C=O) groups is 3. The lowest BCUT2D eigenvalue weighted by Gasteiger charge is -2.37. The van der Waals surface area contributed by atoms with Crippen molar-refractivity contribution in [3.63, 3.8) is 0 Å². The molecular formula is C17H21NO5. The van der Waals surface area contributed by atoms with E-state index in [1.54, 1.807) is 6.92 Å². The third kappa shape index (κ3) is 2.81. The monoisotopic (exact) mass is 319 g/mol. The number of aromatic carboxylic acids is 1. The van der Waals surface area contributed by atoms with Gasteiger partial charge < -0.3 is 15.5 Å². The van der Waals surface area contributed by atoms with Crippen LogP contribution in [0, 0.1) is 16.7 Å². The van der Waals surface area contributed by atoms with Crippen LogP contribution in [0.5, 0.6) is 0 Å². The van der Waals surface area contributed by atoms with Gasteiger partial charge in [0.05, 0.1) is 11.0 Å². The minimum absolute atomic E-state index is 0.141. The fraction of sp³-hybridized carbons (Fsp3) is 0.471. The van der Waals surface area contributed by atoms with Gasteiger partial charge in [0.1, 0.15) is 0 Å². The minimum Gasteiger partial charge on any atom is -0.481 e. The summed E-state index contributed by atoms with van der Waals surface area (Å²) in [5.41, 5.74) is -0.978. The molecule has 2 atom stereocenters. The van der Waals surface area contributed by atoms with E-state index >= 15 is 0 Å². The van der Waals surface area contributed by atoms with Crippen molar-refractivity contribution in [2.24, 2.45) is 16.7 Å². The van der Waals surface area contributed by atoms with E-state index in [-0.39, 0.29) is 11.5 Å². The average Bonchev–Trinajstić information content (AvgIpc) is 2.71. The third-order valence-corrected chi connectivity index (χ3v) is 5.41. The minimum atomic E-state index is -1.03. The van der Waals surface area contributed by atoms with Crippen molar-refractivity contribution in [1.29, 1.82) is 0 Å². The van der Waals surface area contributed by atoms with Crippen LogP contribution < -0.4 is 5.32 Å². The number of benzene rings is 1. The zero-order chi connectivity index (χ0) is 17.4. The summed E-state index contributed by atoms with van der Waals surface area (Å²) in [6.07, 6.45) is 0.959. The van der Waals surface area contributed by atoms with Crippen LogP contribution >= 0.6 is 0 Å². The fourth-order valence-electron chi connectivity index (χ4n) is 3.27. The topological polar surface area (TPSA) is 104 Å². The van der Waals surface area contributed by atoms with Gasteiger partial charge in [-0.25, -0.2) is 4.79 Å². The van der Waals surface area contributed by atoms with Crippen LogP contribution in [-0.2, 0) is 9.59 Å². The van der Waals surface area contributed by atoms with Crippen molar-refractivity contribution in [2.75, 3.05) is 5.32 Å². The number of carboxylic acid groups (broad SMARTS) is 2. The van der Waals surface area contributed by atoms with E-state index < -0.39 is 28.7 Å². The molecule has 1 fully saturated rings. The molecule has 0 aromatic heterocycles. The van der Waals surface area contributed by atoms with Gasteiger partial charge in [-0.2, -0.15) is 0 Å². The van der Waals surface area contributed by atoms with Crippen LogP contribution in [-0.4, -0.2) is 28.1 Å². The molecule has 0 heterocycles. The molecule has 23 heavy (non-hydrogen) atoms. The number of anilines is 1. The smallest absolute Gasteiger partial charge is 0.335 e. The van der Waals surface area contributed by atoms with Crippen molar-refractivity contribution >= 4 is 23.5 Å². The Balaban J connectivity index is 2.15. The Morgan fingerprint density at radius 2 is 1.65 bits per heavy atom. The van der Waals surface area contributed by atoms with Gasteiger partial charge >= 0.3 is 11.9 Å². The summed E-state index contributed by atoms with van der Waals surface area (Å²) in [5.74, 6) is -2.56. The number of hydrogen-bond donors (Lipinski definition) is 3. The molecule has 1 aliphatic carbocycles. The third-order valence-electron chi connectivity index (χ3n) is 5.41. The second-order valence-electron chi connectivity index (χ2n) is 6.82. The van der Waals surface area contributed by atoms with Crippen LogP contribution in [0.15, 0.2) is 24.3 Å². The molecule has 6 heteroatoms. The molecule has 0 unspecified atom stereocenters. The first-order valence-corrected chi connectivity index (χ1v) is 7.47. The number of hydrogen-bond acceptors (Lipinski definition) is 3. The van der Waals surface area contributed by atoms with E-state index in [2.05, 4.69) is 5.32 Å². The Hall–Kier alpha value is -2.37. The van der Waals surface area contributed by atoms with Gasteiger partial charge in [0, 0.05) is 11.6 Å². The van der Waals surface area contributed by atoms with E-state index in [0.717, 1.165) is 0 Å². The van der Waals surface area contributed by atoms with Gasteiger partial charge in [0.15, 0.2) is 0 Å². The molecule has 1 amide bonds. The number of carbonyl (C=O) groups excluding carboxylic acids is 1. The van der Waals surface area contributed by atoms with Crippen LogP contribution in [0.3, 0.4) is 0 Å². The highest BCUT2D eigenvalue weighted by molar-refractivity contribution is 5.95. The molecule has 1 saturated carbocycles. The first kappa shape index (κ1) is 17.0. The summed E-state index contributed by atoms with van der Waals surface area (Å²) in [6, 6.07) is 5.89. The molecule has 0 saturated heterocycles. The summed E-state index contributed by atoms with van der Waals surface area (Å²) in [6.45, 7) is 5.31. The maximum absolute atomic E-state index is 12.5. The van der Waals surface area contributed by atoms with E-state index in [9.17, 15) is 19.5 Å². The molecular weight excluding hydrogens is 298 g/mol. The Kier molecular flexibility index (Phi) is 4.20. The largest absolute Gasteiger partial charge is 0.481 e. The number of aliphatic carboxylic acids is 1. The molecule has 2 rings (SSSR count). The molecule has 1 aromatic carbocycles. The maximum atomic E-state index is 12.5. The molecule has 6 nitrogen and oxygen atoms in total. The Bertz CT molecular complexity index is 649. The van der Waals surface area contributed by atoms with Gasteiger partial charge in [0.25, 0.3) is 0 Å². The SMILES string of the molecule is CC1(C)[C@@H](C(=O)Nc2ccc(C(=O)O)cc2)CC[C@@]1(C)C(=O)O. The number of rotatable bonds is 4. The van der Waals surface area contributed by atoms with Gasteiger partial charge in [-0.15, -0.1) is 0 Å². The lowest BCUT2D eigenvalue weighted by atomic mass is 9.65. The quantitative estimate of drug-likeness (QED) is 0.791. The summed E-state index contributed by atoms with van der Waals surface area (Å²) in [7, 11) is 0. The highest BCUT2D eigenvalue weighted by Gasteiger charge is 2.58. The van der Waals surface area contributed by atoms with Gasteiger partial charge in [0.2, 0.25) is 5.91 Å². The first-order valence-electron chi connectivity index (χ1n) is 7.47. The summed E-state index contributed by atoms with van der Waals surface area (Å²) in [5, 5.41) is 21.1. The fourth-order valence-corrected chi connectivity index (χ4v) is 3.27. The maximum Gasteiger partial charge on any atom is 0.335 e. The predicted octanol–water partition coefficient (Wildman–Crippen LogP) is 2.85. The Labute approximate surface area is 134 Å². The molecule has 0 aliphatic heterocycles. The molecule has 1 aliphatic rings. The normalized spacial score (nSPS) is 25.8. The average molecular weight is 319 g/mol. The second-order valence-corrected chi connectivity index (χ2v) is 6.82. The van der Waals surface area contributed by atoms with Crippen molar-refractivity contribution in [1.82, 2.24) is 0 Å². The highest BCUT2D eigenvalue weighted by Crippen LogP contribution is 2.56. The first-order chi connectivity index (χ1) is 10.6. The van der Waals surface area contributed by atoms with E-state index in [1.165, 1.54) is 24.3 Å². The van der Waals surface area contributed by atoms with Crippen LogP contribution in [0.1, 0.15) is 44.0 Å². The van der Waals surface area contributed by atoms with Crippen LogP contribution in [0.2, 0.25) is 0 Å². The van der Waals surface area contributed by atoms with Crippen molar-refractivity contribution in [3.8, 4) is 0 Å². The van der Waals surface area contributed by atoms with E-state index in [4.69, 9.17) is 5.11 Å². The Morgan fingerprint density at radius 1 is 1.09 bits per heavy atom. The van der Waals surface area contributed by atoms with Crippen LogP contribution in [0.25, 0.3) is 0 Å². The van der Waals surface area contributed by atoms with Crippen LogP contribution in [0.4, 0.5) is 5.69 Å². The summed E-state index contributed by atoms with van der Waals surface area (Å²) >= 11 is 0. The van der Waals surface area contributed by atoms with Gasteiger partial charge in [-0.05, 0) is 49.4 Å².